The Balaban J connectivity index is 4.69. The largest absolute Gasteiger partial charge is 0.454 e. The van der Waals surface area contributed by atoms with Crippen molar-refractivity contribution < 1.29 is 14.3 Å². The number of ether oxygens (including phenoxy) is 1. The predicted octanol–water partition coefficient (Wildman–Crippen LogP) is 0.976. The number of carbonyl (C=O) groups is 2. The molecular formula is C12H17NO3. The first kappa shape index (κ1) is 14.2. The van der Waals surface area contributed by atoms with E-state index < -0.39 is 17.4 Å². The number of carbonyl (C=O) groups excluding carboxylic acids is 2. The Morgan fingerprint density at radius 2 is 2.06 bits per heavy atom. The Labute approximate surface area is 96.3 Å². The summed E-state index contributed by atoms with van der Waals surface area (Å²) < 4.78 is 4.66. The van der Waals surface area contributed by atoms with Crippen LogP contribution in [0.15, 0.2) is 12.7 Å². The van der Waals surface area contributed by atoms with Crippen LogP contribution in [0.3, 0.4) is 0 Å². The number of rotatable bonds is 3. The highest BCUT2D eigenvalue weighted by Gasteiger charge is 2.31. The summed E-state index contributed by atoms with van der Waals surface area (Å²) >= 11 is 0. The summed E-state index contributed by atoms with van der Waals surface area (Å²) in [5.74, 6) is 0.702. The van der Waals surface area contributed by atoms with E-state index in [1.54, 1.807) is 20.8 Å². The summed E-state index contributed by atoms with van der Waals surface area (Å²) in [7, 11) is 0. The minimum atomic E-state index is -0.912. The van der Waals surface area contributed by atoms with Crippen molar-refractivity contribution in [2.45, 2.75) is 26.3 Å². The fraction of sp³-hybridized carbons (Fsp3) is 0.500. The Morgan fingerprint density at radius 1 is 1.50 bits per heavy atom. The average molecular weight is 223 g/mol. The van der Waals surface area contributed by atoms with Gasteiger partial charge in [-0.3, -0.25) is 4.79 Å². The van der Waals surface area contributed by atoms with Crippen molar-refractivity contribution in [3.63, 3.8) is 0 Å². The van der Waals surface area contributed by atoms with Crippen LogP contribution in [0.4, 0.5) is 0 Å². The van der Waals surface area contributed by atoms with Crippen LogP contribution in [0.2, 0.25) is 0 Å². The lowest BCUT2D eigenvalue weighted by molar-refractivity contribution is -0.161. The van der Waals surface area contributed by atoms with E-state index in [9.17, 15) is 9.59 Å². The normalized spacial score (nSPS) is 10.1. The van der Waals surface area contributed by atoms with Gasteiger partial charge in [-0.15, -0.1) is 6.42 Å². The number of nitrogens with zero attached hydrogens (tertiary/aromatic N) is 1. The maximum absolute atomic E-state index is 11.7. The van der Waals surface area contributed by atoms with Crippen molar-refractivity contribution >= 4 is 11.9 Å². The van der Waals surface area contributed by atoms with Gasteiger partial charge in [-0.1, -0.05) is 18.6 Å². The van der Waals surface area contributed by atoms with Crippen LogP contribution in [-0.2, 0) is 14.3 Å². The molecule has 0 aromatic rings. The molecule has 0 rings (SSSR count). The molecule has 0 bridgehead atoms. The third-order valence-corrected chi connectivity index (χ3v) is 1.81. The lowest BCUT2D eigenvalue weighted by atomic mass is 10.1. The molecule has 0 aromatic carbocycles. The van der Waals surface area contributed by atoms with E-state index >= 15 is 0 Å². The quantitative estimate of drug-likeness (QED) is 0.310. The fourth-order valence-electron chi connectivity index (χ4n) is 1.01. The van der Waals surface area contributed by atoms with E-state index in [1.165, 1.54) is 11.0 Å². The van der Waals surface area contributed by atoms with Gasteiger partial charge in [0, 0.05) is 5.54 Å². The van der Waals surface area contributed by atoms with Crippen LogP contribution in [0.1, 0.15) is 20.8 Å². The van der Waals surface area contributed by atoms with Crippen LogP contribution >= 0.6 is 0 Å². The lowest BCUT2D eigenvalue weighted by Gasteiger charge is -2.33. The number of hydrogen-bond donors (Lipinski definition) is 0. The smallest absolute Gasteiger partial charge is 0.397 e. The van der Waals surface area contributed by atoms with E-state index in [1.807, 2.05) is 0 Å². The molecule has 4 nitrogen and oxygen atoms in total. The number of amides is 1. The molecule has 0 unspecified atom stereocenters. The second kappa shape index (κ2) is 5.96. The lowest BCUT2D eigenvalue weighted by Crippen LogP contribution is -2.49. The highest BCUT2D eigenvalue weighted by molar-refractivity contribution is 6.32. The molecule has 0 aliphatic carbocycles. The summed E-state index contributed by atoms with van der Waals surface area (Å²) in [4.78, 5) is 24.3. The van der Waals surface area contributed by atoms with Crippen LogP contribution in [-0.4, -0.2) is 35.5 Å². The van der Waals surface area contributed by atoms with Gasteiger partial charge in [0.2, 0.25) is 0 Å². The van der Waals surface area contributed by atoms with Crippen molar-refractivity contribution in [2.24, 2.45) is 0 Å². The molecule has 0 N–H and O–H groups in total. The maximum atomic E-state index is 11.7. The number of terminal acetylenes is 1. The third-order valence-electron chi connectivity index (χ3n) is 1.81. The Morgan fingerprint density at radius 3 is 2.44 bits per heavy atom. The Hall–Kier alpha value is -1.76. The molecule has 88 valence electrons. The minimum Gasteiger partial charge on any atom is -0.454 e. The van der Waals surface area contributed by atoms with Gasteiger partial charge in [0.1, 0.15) is 6.61 Å². The van der Waals surface area contributed by atoms with Crippen LogP contribution in [0.5, 0.6) is 0 Å². The van der Waals surface area contributed by atoms with E-state index in [-0.39, 0.29) is 13.2 Å². The van der Waals surface area contributed by atoms with E-state index in [2.05, 4.69) is 17.2 Å². The molecule has 0 saturated heterocycles. The van der Waals surface area contributed by atoms with Gasteiger partial charge in [0.15, 0.2) is 0 Å². The van der Waals surface area contributed by atoms with Crippen LogP contribution in [0, 0.1) is 12.3 Å². The minimum absolute atomic E-state index is 0.0125. The molecule has 0 saturated carbocycles. The van der Waals surface area contributed by atoms with E-state index in [4.69, 9.17) is 6.42 Å². The van der Waals surface area contributed by atoms with Gasteiger partial charge in [-0.05, 0) is 20.8 Å². The number of esters is 1. The molecule has 0 heterocycles. The summed E-state index contributed by atoms with van der Waals surface area (Å²) in [6, 6.07) is 0. The molecule has 16 heavy (non-hydrogen) atoms. The molecule has 0 aromatic heterocycles. The number of hydrogen-bond acceptors (Lipinski definition) is 3. The van der Waals surface area contributed by atoms with E-state index in [0.29, 0.717) is 0 Å². The van der Waals surface area contributed by atoms with Gasteiger partial charge in [-0.25, -0.2) is 4.79 Å². The zero-order chi connectivity index (χ0) is 12.8. The maximum Gasteiger partial charge on any atom is 0.397 e. The zero-order valence-corrected chi connectivity index (χ0v) is 9.95. The fourth-order valence-corrected chi connectivity index (χ4v) is 1.01. The molecule has 4 heteroatoms. The van der Waals surface area contributed by atoms with Crippen molar-refractivity contribution in [3.8, 4) is 12.3 Å². The topological polar surface area (TPSA) is 46.6 Å². The average Bonchev–Trinajstić information content (AvgIpc) is 2.19. The van der Waals surface area contributed by atoms with E-state index in [0.717, 1.165) is 0 Å². The van der Waals surface area contributed by atoms with Gasteiger partial charge in [-0.2, -0.15) is 0 Å². The van der Waals surface area contributed by atoms with Crippen molar-refractivity contribution in [2.75, 3.05) is 13.2 Å². The summed E-state index contributed by atoms with van der Waals surface area (Å²) in [5, 5.41) is 0. The summed E-state index contributed by atoms with van der Waals surface area (Å²) in [6.45, 7) is 8.86. The molecular weight excluding hydrogens is 206 g/mol. The van der Waals surface area contributed by atoms with Gasteiger partial charge >= 0.3 is 11.9 Å². The van der Waals surface area contributed by atoms with Crippen LogP contribution in [0.25, 0.3) is 0 Å². The van der Waals surface area contributed by atoms with Gasteiger partial charge in [0.05, 0.1) is 6.54 Å². The monoisotopic (exact) mass is 223 g/mol. The molecule has 0 aliphatic rings. The second-order valence-corrected chi connectivity index (χ2v) is 4.15. The third kappa shape index (κ3) is 4.18. The van der Waals surface area contributed by atoms with Crippen molar-refractivity contribution in [1.82, 2.24) is 4.90 Å². The molecule has 0 fully saturated rings. The zero-order valence-electron chi connectivity index (χ0n) is 9.95. The molecule has 1 amide bonds. The first-order valence-corrected chi connectivity index (χ1v) is 4.87. The Bertz CT molecular complexity index is 320. The second-order valence-electron chi connectivity index (χ2n) is 4.15. The molecule has 0 radical (unpaired) electrons. The first-order valence-electron chi connectivity index (χ1n) is 4.87. The van der Waals surface area contributed by atoms with Crippen LogP contribution < -0.4 is 0 Å². The van der Waals surface area contributed by atoms with Crippen molar-refractivity contribution in [3.05, 3.63) is 12.7 Å². The molecule has 0 spiro atoms. The standard InChI is InChI=1S/C12H17NO3/c1-6-8-13(12(3,4)5)10(14)11(15)16-9-7-2/h1,7H,2,8-9H2,3-5H3. The Kier molecular flexibility index (Phi) is 5.31. The predicted molar refractivity (Wildman–Crippen MR) is 61.5 cm³/mol. The SMILES string of the molecule is C#CCN(C(=O)C(=O)OCC=C)C(C)(C)C. The van der Waals surface area contributed by atoms with Crippen molar-refractivity contribution in [1.29, 1.82) is 0 Å². The molecule has 0 aliphatic heterocycles. The summed E-state index contributed by atoms with van der Waals surface area (Å²) in [6.07, 6.45) is 6.55. The first-order chi connectivity index (χ1) is 7.34. The summed E-state index contributed by atoms with van der Waals surface area (Å²) in [5.41, 5.74) is -0.517. The van der Waals surface area contributed by atoms with Gasteiger partial charge < -0.3 is 9.64 Å². The molecule has 0 atom stereocenters. The highest BCUT2D eigenvalue weighted by atomic mass is 16.5. The van der Waals surface area contributed by atoms with Gasteiger partial charge in [0.25, 0.3) is 0 Å². The highest BCUT2D eigenvalue weighted by Crippen LogP contribution is 2.13.